The highest BCUT2D eigenvalue weighted by Gasteiger charge is 2.19. The second-order valence-electron chi connectivity index (χ2n) is 7.38. The Kier molecular flexibility index (Phi) is 6.79. The maximum atomic E-state index is 13.7. The van der Waals surface area contributed by atoms with Crippen LogP contribution in [0.15, 0.2) is 54.3 Å². The number of hydrogen-bond acceptors (Lipinski definition) is 5. The van der Waals surface area contributed by atoms with Gasteiger partial charge >= 0.3 is 5.97 Å². The standard InChI is InChI=1S/C25H24FNO4S/c1-13(2)22(16(5)30-6)19-12-17(24-27-15(4)23(32-24)25(28)29)7-10-21(19)31-18-8-9-20(26)14(3)11-18/h7-12H,1H2,2-6H3,(H,28,29)/b22-16+. The van der Waals surface area contributed by atoms with Crippen LogP contribution < -0.4 is 4.74 Å². The van der Waals surface area contributed by atoms with Gasteiger partial charge in [-0.15, -0.1) is 11.3 Å². The predicted molar refractivity (Wildman–Crippen MR) is 125 cm³/mol. The van der Waals surface area contributed by atoms with Gasteiger partial charge in [-0.05, 0) is 75.2 Å². The van der Waals surface area contributed by atoms with Crippen LogP contribution in [0.5, 0.6) is 11.5 Å². The average molecular weight is 454 g/mol. The molecule has 0 bridgehead atoms. The van der Waals surface area contributed by atoms with Gasteiger partial charge in [-0.2, -0.15) is 0 Å². The first-order valence-electron chi connectivity index (χ1n) is 9.82. The molecule has 0 radical (unpaired) electrons. The molecule has 1 heterocycles. The third-order valence-corrected chi connectivity index (χ3v) is 6.12. The average Bonchev–Trinajstić information content (AvgIpc) is 3.13. The molecular weight excluding hydrogens is 429 g/mol. The number of hydrogen-bond donors (Lipinski definition) is 1. The number of aromatic carboxylic acids is 1. The van der Waals surface area contributed by atoms with Gasteiger partial charge in [0.1, 0.15) is 33.0 Å². The molecule has 0 saturated carbocycles. The molecule has 3 aromatic rings. The van der Waals surface area contributed by atoms with Crippen molar-refractivity contribution in [1.82, 2.24) is 4.98 Å². The largest absolute Gasteiger partial charge is 0.501 e. The van der Waals surface area contributed by atoms with E-state index in [9.17, 15) is 14.3 Å². The molecule has 0 unspecified atom stereocenters. The number of allylic oxidation sites excluding steroid dienone is 3. The van der Waals surface area contributed by atoms with E-state index in [2.05, 4.69) is 11.6 Å². The second-order valence-corrected chi connectivity index (χ2v) is 8.38. The van der Waals surface area contributed by atoms with Crippen LogP contribution in [0.3, 0.4) is 0 Å². The summed E-state index contributed by atoms with van der Waals surface area (Å²) in [6, 6.07) is 10.0. The van der Waals surface area contributed by atoms with Gasteiger partial charge in [-0.3, -0.25) is 0 Å². The van der Waals surface area contributed by atoms with Crippen LogP contribution in [0.25, 0.3) is 16.1 Å². The number of carboxylic acids is 1. The summed E-state index contributed by atoms with van der Waals surface area (Å²) < 4.78 is 25.3. The fourth-order valence-corrected chi connectivity index (χ4v) is 4.20. The molecule has 0 aliphatic heterocycles. The maximum Gasteiger partial charge on any atom is 0.347 e. The molecule has 0 amide bonds. The summed E-state index contributed by atoms with van der Waals surface area (Å²) in [7, 11) is 1.58. The van der Waals surface area contributed by atoms with Crippen LogP contribution in [0, 0.1) is 19.7 Å². The van der Waals surface area contributed by atoms with E-state index in [0.717, 1.165) is 28.0 Å². The maximum absolute atomic E-state index is 13.7. The number of nitrogens with zero attached hydrogens (tertiary/aromatic N) is 1. The number of rotatable bonds is 7. The van der Waals surface area contributed by atoms with Crippen molar-refractivity contribution in [3.05, 3.63) is 81.8 Å². The van der Waals surface area contributed by atoms with Gasteiger partial charge in [-0.1, -0.05) is 6.58 Å². The van der Waals surface area contributed by atoms with Crippen molar-refractivity contribution in [3.63, 3.8) is 0 Å². The Balaban J connectivity index is 2.18. The normalized spacial score (nSPS) is 11.7. The molecule has 5 nitrogen and oxygen atoms in total. The molecule has 3 rings (SSSR count). The zero-order chi connectivity index (χ0) is 23.6. The molecule has 7 heteroatoms. The van der Waals surface area contributed by atoms with Gasteiger partial charge < -0.3 is 14.6 Å². The Bertz CT molecular complexity index is 1240. The van der Waals surface area contributed by atoms with E-state index in [1.807, 2.05) is 26.0 Å². The summed E-state index contributed by atoms with van der Waals surface area (Å²) in [5.41, 5.74) is 3.92. The van der Waals surface area contributed by atoms with Crippen LogP contribution >= 0.6 is 11.3 Å². The van der Waals surface area contributed by atoms with E-state index in [-0.39, 0.29) is 10.7 Å². The predicted octanol–water partition coefficient (Wildman–Crippen LogP) is 7.01. The molecule has 1 aromatic heterocycles. The lowest BCUT2D eigenvalue weighted by atomic mass is 9.96. The molecule has 0 spiro atoms. The summed E-state index contributed by atoms with van der Waals surface area (Å²) in [4.78, 5) is 16.1. The Hall–Kier alpha value is -3.45. The van der Waals surface area contributed by atoms with Gasteiger partial charge in [0.25, 0.3) is 0 Å². The Labute approximate surface area is 190 Å². The van der Waals surface area contributed by atoms with Crippen molar-refractivity contribution in [1.29, 1.82) is 0 Å². The number of carboxylic acid groups (broad SMARTS) is 1. The van der Waals surface area contributed by atoms with Crippen LogP contribution in [-0.2, 0) is 4.74 Å². The summed E-state index contributed by atoms with van der Waals surface area (Å²) in [6.07, 6.45) is 0. The number of aryl methyl sites for hydroxylation is 2. The number of ether oxygens (including phenoxy) is 2. The third-order valence-electron chi connectivity index (χ3n) is 4.93. The van der Waals surface area contributed by atoms with E-state index in [4.69, 9.17) is 9.47 Å². The number of halogens is 1. The molecule has 166 valence electrons. The van der Waals surface area contributed by atoms with E-state index >= 15 is 0 Å². The molecule has 0 saturated heterocycles. The number of methoxy groups -OCH3 is 1. The van der Waals surface area contributed by atoms with Crippen molar-refractivity contribution in [2.75, 3.05) is 7.11 Å². The van der Waals surface area contributed by atoms with Crippen LogP contribution in [0.1, 0.15) is 40.3 Å². The first-order valence-corrected chi connectivity index (χ1v) is 10.6. The quantitative estimate of drug-likeness (QED) is 0.308. The van der Waals surface area contributed by atoms with Gasteiger partial charge in [0.15, 0.2) is 0 Å². The molecule has 0 atom stereocenters. The lowest BCUT2D eigenvalue weighted by molar-refractivity contribution is 0.0701. The Morgan fingerprint density at radius 3 is 2.44 bits per heavy atom. The third kappa shape index (κ3) is 4.73. The van der Waals surface area contributed by atoms with Gasteiger partial charge in [0.05, 0.1) is 12.8 Å². The zero-order valence-corrected chi connectivity index (χ0v) is 19.4. The van der Waals surface area contributed by atoms with Crippen molar-refractivity contribution in [3.8, 4) is 22.1 Å². The summed E-state index contributed by atoms with van der Waals surface area (Å²) in [5.74, 6) is 0.361. The Morgan fingerprint density at radius 1 is 1.16 bits per heavy atom. The fraction of sp³-hybridized carbons (Fsp3) is 0.200. The van der Waals surface area contributed by atoms with Crippen molar-refractivity contribution >= 4 is 22.9 Å². The van der Waals surface area contributed by atoms with Gasteiger partial charge in [0, 0.05) is 16.7 Å². The summed E-state index contributed by atoms with van der Waals surface area (Å²) >= 11 is 1.11. The minimum Gasteiger partial charge on any atom is -0.501 e. The van der Waals surface area contributed by atoms with Crippen molar-refractivity contribution in [2.24, 2.45) is 0 Å². The number of benzene rings is 2. The highest BCUT2D eigenvalue weighted by Crippen LogP contribution is 2.39. The highest BCUT2D eigenvalue weighted by molar-refractivity contribution is 7.17. The SMILES string of the molecule is C=C(C)/C(=C(/C)OC)c1cc(-c2nc(C)c(C(=O)O)s2)ccc1Oc1ccc(F)c(C)c1. The van der Waals surface area contributed by atoms with Gasteiger partial charge in [0.2, 0.25) is 0 Å². The minimum absolute atomic E-state index is 0.201. The van der Waals surface area contributed by atoms with E-state index < -0.39 is 5.97 Å². The first-order chi connectivity index (χ1) is 15.1. The molecule has 32 heavy (non-hydrogen) atoms. The summed E-state index contributed by atoms with van der Waals surface area (Å²) in [6.45, 7) is 11.1. The van der Waals surface area contributed by atoms with Crippen LogP contribution in [-0.4, -0.2) is 23.2 Å². The van der Waals surface area contributed by atoms with E-state index in [0.29, 0.717) is 39.1 Å². The molecule has 1 N–H and O–H groups in total. The van der Waals surface area contributed by atoms with Gasteiger partial charge in [-0.25, -0.2) is 14.2 Å². The Morgan fingerprint density at radius 2 is 1.88 bits per heavy atom. The lowest BCUT2D eigenvalue weighted by Crippen LogP contribution is -1.98. The zero-order valence-electron chi connectivity index (χ0n) is 18.6. The van der Waals surface area contributed by atoms with E-state index in [1.54, 1.807) is 39.2 Å². The lowest BCUT2D eigenvalue weighted by Gasteiger charge is -2.18. The highest BCUT2D eigenvalue weighted by atomic mass is 32.1. The topological polar surface area (TPSA) is 68.7 Å². The molecular formula is C25H24FNO4S. The summed E-state index contributed by atoms with van der Waals surface area (Å²) in [5, 5.41) is 9.97. The number of carbonyl (C=O) groups is 1. The molecule has 0 aliphatic rings. The first kappa shape index (κ1) is 23.2. The number of aromatic nitrogens is 1. The van der Waals surface area contributed by atoms with Crippen LogP contribution in [0.2, 0.25) is 0 Å². The second kappa shape index (κ2) is 9.36. The van der Waals surface area contributed by atoms with Crippen LogP contribution in [0.4, 0.5) is 4.39 Å². The monoisotopic (exact) mass is 453 g/mol. The fourth-order valence-electron chi connectivity index (χ4n) is 3.30. The number of thiazole rings is 1. The smallest absolute Gasteiger partial charge is 0.347 e. The molecule has 0 fully saturated rings. The van der Waals surface area contributed by atoms with E-state index in [1.165, 1.54) is 6.07 Å². The molecule has 0 aliphatic carbocycles. The molecule has 2 aromatic carbocycles. The van der Waals surface area contributed by atoms with Crippen molar-refractivity contribution in [2.45, 2.75) is 27.7 Å². The minimum atomic E-state index is -1.00. The van der Waals surface area contributed by atoms with Crippen molar-refractivity contribution < 1.29 is 23.8 Å².